The van der Waals surface area contributed by atoms with Gasteiger partial charge >= 0.3 is 6.09 Å². The quantitative estimate of drug-likeness (QED) is 0.805. The lowest BCUT2D eigenvalue weighted by atomic mass is 9.85. The van der Waals surface area contributed by atoms with Crippen LogP contribution in [0.1, 0.15) is 30.7 Å². The number of carboxylic acid groups (broad SMARTS) is 1. The van der Waals surface area contributed by atoms with E-state index in [1.54, 1.807) is 18.3 Å². The summed E-state index contributed by atoms with van der Waals surface area (Å²) in [5, 5.41) is 23.9. The van der Waals surface area contributed by atoms with Crippen LogP contribution in [-0.2, 0) is 5.41 Å². The van der Waals surface area contributed by atoms with Crippen molar-refractivity contribution in [1.82, 2.24) is 9.97 Å². The van der Waals surface area contributed by atoms with Crippen LogP contribution in [0.15, 0.2) is 29.9 Å². The number of carbonyl (C=O) groups is 1. The molecule has 2 aromatic rings. The van der Waals surface area contributed by atoms with Crippen LogP contribution in [0.4, 0.5) is 10.5 Å². The van der Waals surface area contributed by atoms with Gasteiger partial charge in [0.2, 0.25) is 0 Å². The standard InChI is InChI=1S/C13H15N3O3S/c1-13(2,11-14-5-6-20-11)10(17)9-4-3-8(7-15-9)16-12(18)19/h3-7,10,16-17H,1-2H3,(H,18,19). The molecule has 7 heteroatoms. The predicted molar refractivity (Wildman–Crippen MR) is 76.0 cm³/mol. The lowest BCUT2D eigenvalue weighted by Crippen LogP contribution is -2.27. The van der Waals surface area contributed by atoms with Gasteiger partial charge in [-0.1, -0.05) is 13.8 Å². The Balaban J connectivity index is 2.21. The maximum atomic E-state index is 10.5. The Labute approximate surface area is 120 Å². The van der Waals surface area contributed by atoms with Crippen molar-refractivity contribution in [1.29, 1.82) is 0 Å². The summed E-state index contributed by atoms with van der Waals surface area (Å²) in [6, 6.07) is 3.17. The summed E-state index contributed by atoms with van der Waals surface area (Å²) in [6.07, 6.45) is 1.10. The molecular formula is C13H15N3O3S. The normalized spacial score (nSPS) is 12.9. The number of hydrogen-bond acceptors (Lipinski definition) is 5. The third-order valence-electron chi connectivity index (χ3n) is 2.98. The number of aliphatic hydroxyl groups is 1. The molecule has 2 rings (SSSR count). The SMILES string of the molecule is CC(C)(c1nccs1)C(O)c1ccc(NC(=O)O)cn1. The minimum atomic E-state index is -1.15. The van der Waals surface area contributed by atoms with Gasteiger partial charge in [-0.3, -0.25) is 10.3 Å². The molecule has 20 heavy (non-hydrogen) atoms. The van der Waals surface area contributed by atoms with Crippen LogP contribution >= 0.6 is 11.3 Å². The van der Waals surface area contributed by atoms with Crippen LogP contribution in [0.25, 0.3) is 0 Å². The number of pyridine rings is 1. The number of hydrogen-bond donors (Lipinski definition) is 3. The molecule has 0 aliphatic heterocycles. The second-order valence-electron chi connectivity index (χ2n) is 4.86. The molecule has 106 valence electrons. The fraction of sp³-hybridized carbons (Fsp3) is 0.308. The summed E-state index contributed by atoms with van der Waals surface area (Å²) in [5.74, 6) is 0. The summed E-state index contributed by atoms with van der Waals surface area (Å²) in [5.41, 5.74) is 0.268. The van der Waals surface area contributed by atoms with Crippen molar-refractivity contribution in [3.63, 3.8) is 0 Å². The van der Waals surface area contributed by atoms with Gasteiger partial charge in [0.25, 0.3) is 0 Å². The lowest BCUT2D eigenvalue weighted by Gasteiger charge is -2.28. The van der Waals surface area contributed by atoms with Crippen molar-refractivity contribution in [2.24, 2.45) is 0 Å². The van der Waals surface area contributed by atoms with Gasteiger partial charge in [0.05, 0.1) is 17.6 Å². The van der Waals surface area contributed by atoms with Gasteiger partial charge < -0.3 is 10.2 Å². The van der Waals surface area contributed by atoms with Gasteiger partial charge in [-0.05, 0) is 12.1 Å². The zero-order chi connectivity index (χ0) is 14.8. The van der Waals surface area contributed by atoms with E-state index in [2.05, 4.69) is 15.3 Å². The highest BCUT2D eigenvalue weighted by atomic mass is 32.1. The van der Waals surface area contributed by atoms with Crippen LogP contribution < -0.4 is 5.32 Å². The predicted octanol–water partition coefficient (Wildman–Crippen LogP) is 2.64. The number of nitrogens with zero attached hydrogens (tertiary/aromatic N) is 2. The third kappa shape index (κ3) is 2.94. The maximum absolute atomic E-state index is 10.5. The van der Waals surface area contributed by atoms with E-state index in [4.69, 9.17) is 5.11 Å². The molecule has 1 unspecified atom stereocenters. The largest absolute Gasteiger partial charge is 0.465 e. The average molecular weight is 293 g/mol. The van der Waals surface area contributed by atoms with Crippen LogP contribution in [0.5, 0.6) is 0 Å². The zero-order valence-corrected chi connectivity index (χ0v) is 11.9. The first-order valence-electron chi connectivity index (χ1n) is 5.95. The first-order valence-corrected chi connectivity index (χ1v) is 6.83. The van der Waals surface area contributed by atoms with Crippen LogP contribution in [0.3, 0.4) is 0 Å². The molecule has 6 nitrogen and oxygen atoms in total. The monoisotopic (exact) mass is 293 g/mol. The number of thiazole rings is 1. The molecule has 0 fully saturated rings. The number of amides is 1. The lowest BCUT2D eigenvalue weighted by molar-refractivity contribution is 0.0960. The molecule has 1 atom stereocenters. The Hall–Kier alpha value is -1.99. The first kappa shape index (κ1) is 14.4. The molecule has 1 amide bonds. The molecule has 0 saturated carbocycles. The molecular weight excluding hydrogens is 278 g/mol. The Kier molecular flexibility index (Phi) is 4.01. The van der Waals surface area contributed by atoms with E-state index in [9.17, 15) is 9.90 Å². The number of nitrogens with one attached hydrogen (secondary N) is 1. The zero-order valence-electron chi connectivity index (χ0n) is 11.1. The van der Waals surface area contributed by atoms with Gasteiger partial charge in [0.1, 0.15) is 11.1 Å². The number of aliphatic hydroxyl groups excluding tert-OH is 1. The molecule has 0 saturated heterocycles. The first-order chi connectivity index (χ1) is 9.41. The molecule has 0 bridgehead atoms. The molecule has 0 aliphatic carbocycles. The number of anilines is 1. The molecule has 0 radical (unpaired) electrons. The summed E-state index contributed by atoms with van der Waals surface area (Å²) >= 11 is 1.48. The van der Waals surface area contributed by atoms with Crippen LogP contribution in [0.2, 0.25) is 0 Å². The third-order valence-corrected chi connectivity index (χ3v) is 4.10. The average Bonchev–Trinajstić information content (AvgIpc) is 2.92. The molecule has 0 aromatic carbocycles. The topological polar surface area (TPSA) is 95.3 Å². The van der Waals surface area contributed by atoms with Gasteiger partial charge in [-0.25, -0.2) is 9.78 Å². The van der Waals surface area contributed by atoms with Gasteiger partial charge in [0.15, 0.2) is 0 Å². The molecule has 3 N–H and O–H groups in total. The van der Waals surface area contributed by atoms with Crippen molar-refractivity contribution >= 4 is 23.1 Å². The van der Waals surface area contributed by atoms with E-state index in [0.717, 1.165) is 5.01 Å². The summed E-state index contributed by atoms with van der Waals surface area (Å²) in [6.45, 7) is 3.78. The van der Waals surface area contributed by atoms with Crippen molar-refractivity contribution in [2.75, 3.05) is 5.32 Å². The second-order valence-corrected chi connectivity index (χ2v) is 5.76. The summed E-state index contributed by atoms with van der Waals surface area (Å²) in [7, 11) is 0. The number of aromatic nitrogens is 2. The number of rotatable bonds is 4. The van der Waals surface area contributed by atoms with Crippen molar-refractivity contribution in [3.8, 4) is 0 Å². The molecule has 2 heterocycles. The van der Waals surface area contributed by atoms with Crippen molar-refractivity contribution in [2.45, 2.75) is 25.4 Å². The van der Waals surface area contributed by atoms with Crippen LogP contribution in [0, 0.1) is 0 Å². The van der Waals surface area contributed by atoms with E-state index in [0.29, 0.717) is 11.4 Å². The Bertz CT molecular complexity index is 581. The van der Waals surface area contributed by atoms with E-state index < -0.39 is 17.6 Å². The fourth-order valence-corrected chi connectivity index (χ4v) is 2.58. The van der Waals surface area contributed by atoms with E-state index in [1.165, 1.54) is 17.5 Å². The summed E-state index contributed by atoms with van der Waals surface area (Å²) in [4.78, 5) is 18.8. The highest BCUT2D eigenvalue weighted by molar-refractivity contribution is 7.09. The molecule has 0 aliphatic rings. The van der Waals surface area contributed by atoms with Gasteiger partial charge in [0, 0.05) is 17.0 Å². The van der Waals surface area contributed by atoms with Gasteiger partial charge in [-0.15, -0.1) is 11.3 Å². The minimum absolute atomic E-state index is 0.362. The van der Waals surface area contributed by atoms with Gasteiger partial charge in [-0.2, -0.15) is 0 Å². The van der Waals surface area contributed by atoms with Crippen molar-refractivity contribution < 1.29 is 15.0 Å². The van der Waals surface area contributed by atoms with Crippen molar-refractivity contribution in [3.05, 3.63) is 40.6 Å². The van der Waals surface area contributed by atoms with E-state index in [1.807, 2.05) is 19.2 Å². The highest BCUT2D eigenvalue weighted by Gasteiger charge is 2.34. The fourth-order valence-electron chi connectivity index (χ4n) is 1.79. The highest BCUT2D eigenvalue weighted by Crippen LogP contribution is 2.37. The molecule has 0 spiro atoms. The molecule has 2 aromatic heterocycles. The smallest absolute Gasteiger partial charge is 0.409 e. The summed E-state index contributed by atoms with van der Waals surface area (Å²) < 4.78 is 0. The Morgan fingerprint density at radius 1 is 1.40 bits per heavy atom. The Morgan fingerprint density at radius 2 is 2.15 bits per heavy atom. The van der Waals surface area contributed by atoms with Crippen LogP contribution in [-0.4, -0.2) is 26.3 Å². The maximum Gasteiger partial charge on any atom is 0.409 e. The van der Waals surface area contributed by atoms with E-state index >= 15 is 0 Å². The Morgan fingerprint density at radius 3 is 2.65 bits per heavy atom. The second kappa shape index (κ2) is 5.56. The minimum Gasteiger partial charge on any atom is -0.465 e. The van der Waals surface area contributed by atoms with E-state index in [-0.39, 0.29) is 0 Å².